The van der Waals surface area contributed by atoms with E-state index in [1.165, 1.54) is 41.2 Å². The molecule has 368 valence electrons. The van der Waals surface area contributed by atoms with Gasteiger partial charge in [-0.05, 0) is 105 Å². The molecule has 6 aliphatic rings. The first-order valence-corrected chi connectivity index (χ1v) is 23.7. The number of para-hydroxylation sites is 2. The Bertz CT molecular complexity index is 2470. The van der Waals surface area contributed by atoms with Gasteiger partial charge in [0, 0.05) is 30.7 Å². The number of hydrogen-bond acceptors (Lipinski definition) is 13. The maximum atomic E-state index is 14.1. The van der Waals surface area contributed by atoms with E-state index in [0.717, 1.165) is 53.7 Å². The zero-order chi connectivity index (χ0) is 49.1. The molecule has 0 radical (unpaired) electrons. The van der Waals surface area contributed by atoms with Crippen molar-refractivity contribution < 1.29 is 62.2 Å². The molecule has 0 aromatic heterocycles. The first-order valence-electron chi connectivity index (χ1n) is 23.7. The minimum atomic E-state index is -0.930. The highest BCUT2D eigenvalue weighted by Gasteiger charge is 2.51. The van der Waals surface area contributed by atoms with Crippen molar-refractivity contribution >= 4 is 46.8 Å². The van der Waals surface area contributed by atoms with E-state index in [4.69, 9.17) is 37.9 Å². The summed E-state index contributed by atoms with van der Waals surface area (Å²) in [6, 6.07) is 20.7. The molecule has 2 fully saturated rings. The molecule has 70 heavy (non-hydrogen) atoms. The average Bonchev–Trinajstić information content (AvgIpc) is 3.92. The molecule has 0 bridgehead atoms. The lowest BCUT2D eigenvalue weighted by atomic mass is 10.1. The summed E-state index contributed by atoms with van der Waals surface area (Å²) in [4.78, 5) is 61.2. The molecule has 4 unspecified atom stereocenters. The van der Waals surface area contributed by atoms with Gasteiger partial charge in [0.25, 0.3) is 11.8 Å². The first kappa shape index (κ1) is 48.1. The third-order valence-corrected chi connectivity index (χ3v) is 13.3. The van der Waals surface area contributed by atoms with E-state index in [2.05, 4.69) is 13.2 Å². The number of ether oxygens (including phenoxy) is 8. The fraction of sp³-hybridized carbons (Fsp3) is 0.396. The summed E-state index contributed by atoms with van der Waals surface area (Å²) < 4.78 is 46.4. The maximum Gasteiger partial charge on any atom is 0.416 e. The number of benzene rings is 4. The summed E-state index contributed by atoms with van der Waals surface area (Å²) >= 11 is 0. The monoisotopic (exact) mass is 958 g/mol. The van der Waals surface area contributed by atoms with Gasteiger partial charge in [-0.1, -0.05) is 61.7 Å². The fourth-order valence-electron chi connectivity index (χ4n) is 10.1. The van der Waals surface area contributed by atoms with Gasteiger partial charge in [0.2, 0.25) is 0 Å². The van der Waals surface area contributed by atoms with E-state index in [1.807, 2.05) is 55.5 Å². The lowest BCUT2D eigenvalue weighted by molar-refractivity contribution is -0.190. The van der Waals surface area contributed by atoms with Crippen LogP contribution in [0.4, 0.5) is 32.3 Å². The minimum absolute atomic E-state index is 0.0258. The number of rotatable bonds is 10. The smallest absolute Gasteiger partial charge is 0.416 e. The summed E-state index contributed by atoms with van der Waals surface area (Å²) in [6.45, 7) is 10.3. The predicted octanol–water partition coefficient (Wildman–Crippen LogP) is 8.57. The summed E-state index contributed by atoms with van der Waals surface area (Å²) in [5, 5.41) is 10.6. The van der Waals surface area contributed by atoms with Crippen LogP contribution < -0.4 is 29.1 Å². The molecule has 1 N–H and O–H groups in total. The molecular formula is C53H58N4O13. The van der Waals surface area contributed by atoms with Crippen LogP contribution in [0.5, 0.6) is 17.2 Å². The fourth-order valence-corrected chi connectivity index (χ4v) is 10.1. The number of carbonyl (C=O) groups excluding carboxylic acids is 4. The quantitative estimate of drug-likeness (QED) is 0.150. The number of methoxy groups -OCH3 is 2. The number of carbonyl (C=O) groups is 4. The van der Waals surface area contributed by atoms with Crippen LogP contribution >= 0.6 is 0 Å². The van der Waals surface area contributed by atoms with Crippen LogP contribution in [-0.4, -0.2) is 107 Å². The zero-order valence-electron chi connectivity index (χ0n) is 39.6. The number of aryl methyl sites for hydroxylation is 1. The van der Waals surface area contributed by atoms with Gasteiger partial charge < -0.3 is 52.8 Å². The van der Waals surface area contributed by atoms with Gasteiger partial charge in [0.05, 0.1) is 48.8 Å². The molecule has 6 aliphatic heterocycles. The molecule has 17 nitrogen and oxygen atoms in total. The Morgan fingerprint density at radius 2 is 1.11 bits per heavy atom. The largest absolute Gasteiger partial charge is 0.504 e. The minimum Gasteiger partial charge on any atom is -0.504 e. The number of phenolic OH excluding ortho intramolecular Hbond substituents is 1. The molecule has 6 atom stereocenters. The summed E-state index contributed by atoms with van der Waals surface area (Å²) in [6.07, 6.45) is 5.07. The third kappa shape index (κ3) is 9.17. The van der Waals surface area contributed by atoms with E-state index >= 15 is 0 Å². The Morgan fingerprint density at radius 3 is 1.56 bits per heavy atom. The van der Waals surface area contributed by atoms with Gasteiger partial charge in [0.1, 0.15) is 19.0 Å². The average molecular weight is 959 g/mol. The number of anilines is 4. The van der Waals surface area contributed by atoms with Crippen LogP contribution in [0.25, 0.3) is 0 Å². The Morgan fingerprint density at radius 1 is 0.657 bits per heavy atom. The standard InChI is InChI=1S/C27H30N2O6.C26H28N2O7/c1-4-12-34-27(31)29-21-14-17(2)23(32-3)16-19(21)25(30)28-20-10-6-5-9-18(20)15-22(28)26(29)35-24-11-7-8-13-33-24;1-3-11-34-26(31)28-19-15-21(29)22(32-2)14-17(19)24(30)27-18-9-5-4-8-16(18)13-20(27)25(28)35-23-10-6-7-12-33-23/h4-6,9-10,14,16,22,24,26H,1,7-8,11-13,15H2,2-3H3;3-5,8-9,14-15,20,23,25,29H,1,6-7,10-13H2,2H3/t22-,24?,26?;20-,23?,25?/m00/s1. The van der Waals surface area contributed by atoms with Crippen LogP contribution in [-0.2, 0) is 41.3 Å². The Kier molecular flexibility index (Phi) is 14.4. The number of nitrogens with zero attached hydrogens (tertiary/aromatic N) is 4. The molecular weight excluding hydrogens is 901 g/mol. The van der Waals surface area contributed by atoms with Crippen LogP contribution in [0, 0.1) is 6.92 Å². The van der Waals surface area contributed by atoms with Crippen molar-refractivity contribution in [1.29, 1.82) is 0 Å². The Hall–Kier alpha value is -6.92. The summed E-state index contributed by atoms with van der Waals surface area (Å²) in [5.41, 5.74) is 5.48. The molecule has 4 amide bonds. The predicted molar refractivity (Wildman–Crippen MR) is 259 cm³/mol. The SMILES string of the molecule is C=CCOC(=O)N1c2cc(C)c(OC)cc2C(=O)N2c3ccccc3C[C@H]2C1OC1CCCCO1.C=CCOC(=O)N1c2cc(O)c(OC)cc2C(=O)N2c3ccccc3C[C@H]2C1OC1CCCCO1. The summed E-state index contributed by atoms with van der Waals surface area (Å²) in [7, 11) is 2.96. The van der Waals surface area contributed by atoms with E-state index in [1.54, 1.807) is 29.0 Å². The second kappa shape index (κ2) is 21.0. The van der Waals surface area contributed by atoms with E-state index in [0.29, 0.717) is 55.9 Å². The lowest BCUT2D eigenvalue weighted by Crippen LogP contribution is -2.55. The van der Waals surface area contributed by atoms with Crippen molar-refractivity contribution in [3.63, 3.8) is 0 Å². The highest BCUT2D eigenvalue weighted by atomic mass is 16.7. The van der Waals surface area contributed by atoms with Crippen molar-refractivity contribution in [3.8, 4) is 17.2 Å². The first-order chi connectivity index (χ1) is 34.1. The van der Waals surface area contributed by atoms with E-state index in [9.17, 15) is 24.3 Å². The van der Waals surface area contributed by atoms with E-state index < -0.39 is 49.3 Å². The van der Waals surface area contributed by atoms with Gasteiger partial charge in [-0.2, -0.15) is 0 Å². The van der Waals surface area contributed by atoms with Gasteiger partial charge >= 0.3 is 12.2 Å². The third-order valence-electron chi connectivity index (χ3n) is 13.3. The second-order valence-corrected chi connectivity index (χ2v) is 17.6. The molecule has 10 rings (SSSR count). The summed E-state index contributed by atoms with van der Waals surface area (Å²) in [5.74, 6) is -0.0717. The van der Waals surface area contributed by atoms with Crippen molar-refractivity contribution in [2.45, 2.75) is 95.4 Å². The number of amides is 4. The zero-order valence-corrected chi connectivity index (χ0v) is 39.6. The van der Waals surface area contributed by atoms with Gasteiger partial charge in [-0.25, -0.2) is 19.4 Å². The topological polar surface area (TPSA) is 175 Å². The van der Waals surface area contributed by atoms with Crippen molar-refractivity contribution in [1.82, 2.24) is 0 Å². The second-order valence-electron chi connectivity index (χ2n) is 17.6. The van der Waals surface area contributed by atoms with Crippen molar-refractivity contribution in [2.24, 2.45) is 0 Å². The molecule has 2 saturated heterocycles. The van der Waals surface area contributed by atoms with Crippen LogP contribution in [0.3, 0.4) is 0 Å². The van der Waals surface area contributed by atoms with Gasteiger partial charge in [-0.3, -0.25) is 9.59 Å². The lowest BCUT2D eigenvalue weighted by Gasteiger charge is -2.38. The highest BCUT2D eigenvalue weighted by molar-refractivity contribution is 6.15. The molecule has 0 saturated carbocycles. The molecule has 6 heterocycles. The number of fused-ring (bicyclic) bond motifs is 8. The Labute approximate surface area is 406 Å². The molecule has 0 spiro atoms. The van der Waals surface area contributed by atoms with Gasteiger partial charge in [0.15, 0.2) is 36.5 Å². The van der Waals surface area contributed by atoms with Crippen molar-refractivity contribution in [2.75, 3.05) is 60.2 Å². The van der Waals surface area contributed by atoms with Crippen LogP contribution in [0.1, 0.15) is 75.9 Å². The van der Waals surface area contributed by atoms with Crippen LogP contribution in [0.2, 0.25) is 0 Å². The number of aromatic hydroxyl groups is 1. The number of phenols is 1. The highest BCUT2D eigenvalue weighted by Crippen LogP contribution is 2.46. The molecule has 0 aliphatic carbocycles. The molecule has 4 aromatic carbocycles. The molecule has 4 aromatic rings. The maximum absolute atomic E-state index is 14.1. The van der Waals surface area contributed by atoms with Crippen molar-refractivity contribution in [3.05, 3.63) is 126 Å². The van der Waals surface area contributed by atoms with E-state index in [-0.39, 0.29) is 47.8 Å². The van der Waals surface area contributed by atoms with Gasteiger partial charge in [-0.15, -0.1) is 0 Å². The number of hydrogen-bond donors (Lipinski definition) is 1. The Balaban J connectivity index is 0.000000174. The van der Waals surface area contributed by atoms with Crippen LogP contribution in [0.15, 0.2) is 98.1 Å². The molecule has 17 heteroatoms. The normalized spacial score (nSPS) is 23.1.